The van der Waals surface area contributed by atoms with Gasteiger partial charge in [-0.1, -0.05) is 19.3 Å². The fraction of sp³-hybridized carbons (Fsp3) is 0.579. The summed E-state index contributed by atoms with van der Waals surface area (Å²) in [6.45, 7) is 0.966. The summed E-state index contributed by atoms with van der Waals surface area (Å²) in [5.74, 6) is 2.09. The molecule has 1 atom stereocenters. The zero-order valence-electron chi connectivity index (χ0n) is 15.0. The van der Waals surface area contributed by atoms with E-state index < -0.39 is 0 Å². The predicted molar refractivity (Wildman–Crippen MR) is 110 cm³/mol. The average Bonchev–Trinajstić information content (AvgIpc) is 2.64. The summed E-state index contributed by atoms with van der Waals surface area (Å²) < 4.78 is 0. The van der Waals surface area contributed by atoms with E-state index in [2.05, 4.69) is 16.0 Å². The van der Waals surface area contributed by atoms with Gasteiger partial charge in [-0.05, 0) is 37.1 Å². The Hall–Kier alpha value is -1.24. The first-order chi connectivity index (χ1) is 12.2. The first-order valence-electron chi connectivity index (χ1n) is 9.22. The van der Waals surface area contributed by atoms with Gasteiger partial charge in [0.05, 0.1) is 0 Å². The zero-order valence-corrected chi connectivity index (χ0v) is 16.6. The molecule has 26 heavy (non-hydrogen) atoms. The molecule has 1 aromatic carbocycles. The average molecular weight is 398 g/mol. The van der Waals surface area contributed by atoms with Gasteiger partial charge in [0.15, 0.2) is 0 Å². The van der Waals surface area contributed by atoms with Gasteiger partial charge in [0.1, 0.15) is 0 Å². The molecular formula is C19H28ClN3O2S. The summed E-state index contributed by atoms with van der Waals surface area (Å²) in [6, 6.07) is 7.72. The Balaban J connectivity index is 0.00000243. The SMILES string of the molecule is Cl.O=C(CC1CSCCN1)Nc1ccc(C(=O)NC2CCCCC2)cc1. The normalized spacial score (nSPS) is 20.7. The van der Waals surface area contributed by atoms with Crippen molar-refractivity contribution in [3.05, 3.63) is 29.8 Å². The molecule has 0 bridgehead atoms. The number of benzene rings is 1. The maximum absolute atomic E-state index is 12.3. The van der Waals surface area contributed by atoms with Crippen molar-refractivity contribution in [2.24, 2.45) is 0 Å². The second kappa shape index (κ2) is 10.8. The number of hydrogen-bond donors (Lipinski definition) is 3. The Bertz CT molecular complexity index is 585. The molecule has 144 valence electrons. The quantitative estimate of drug-likeness (QED) is 0.713. The topological polar surface area (TPSA) is 70.2 Å². The van der Waals surface area contributed by atoms with Crippen molar-refractivity contribution in [2.75, 3.05) is 23.4 Å². The lowest BCUT2D eigenvalue weighted by Crippen LogP contribution is -2.39. The third kappa shape index (κ3) is 6.49. The third-order valence-corrected chi connectivity index (χ3v) is 5.93. The first kappa shape index (κ1) is 21.1. The van der Waals surface area contributed by atoms with Crippen LogP contribution in [0.1, 0.15) is 48.9 Å². The minimum Gasteiger partial charge on any atom is -0.349 e. The highest BCUT2D eigenvalue weighted by Gasteiger charge is 2.18. The predicted octanol–water partition coefficient (Wildman–Crippen LogP) is 3.20. The smallest absolute Gasteiger partial charge is 0.251 e. The van der Waals surface area contributed by atoms with E-state index in [1.165, 1.54) is 19.3 Å². The van der Waals surface area contributed by atoms with E-state index >= 15 is 0 Å². The van der Waals surface area contributed by atoms with Crippen molar-refractivity contribution >= 4 is 41.7 Å². The summed E-state index contributed by atoms with van der Waals surface area (Å²) in [7, 11) is 0. The van der Waals surface area contributed by atoms with E-state index in [1.54, 1.807) is 24.3 Å². The Morgan fingerprint density at radius 2 is 1.85 bits per heavy atom. The summed E-state index contributed by atoms with van der Waals surface area (Å²) in [5, 5.41) is 9.39. The second-order valence-corrected chi connectivity index (χ2v) is 8.01. The van der Waals surface area contributed by atoms with Gasteiger partial charge in [0.2, 0.25) is 5.91 Å². The molecule has 0 aromatic heterocycles. The van der Waals surface area contributed by atoms with Crippen LogP contribution in [0.2, 0.25) is 0 Å². The van der Waals surface area contributed by atoms with Crippen molar-refractivity contribution in [3.8, 4) is 0 Å². The lowest BCUT2D eigenvalue weighted by molar-refractivity contribution is -0.116. The number of nitrogens with one attached hydrogen (secondary N) is 3. The molecule has 5 nitrogen and oxygen atoms in total. The molecule has 1 aromatic rings. The fourth-order valence-electron chi connectivity index (χ4n) is 3.41. The molecule has 3 rings (SSSR count). The van der Waals surface area contributed by atoms with E-state index in [-0.39, 0.29) is 30.3 Å². The highest BCUT2D eigenvalue weighted by Crippen LogP contribution is 2.18. The van der Waals surface area contributed by atoms with Crippen molar-refractivity contribution in [3.63, 3.8) is 0 Å². The van der Waals surface area contributed by atoms with Gasteiger partial charge in [-0.3, -0.25) is 9.59 Å². The van der Waals surface area contributed by atoms with Crippen molar-refractivity contribution in [1.29, 1.82) is 0 Å². The van der Waals surface area contributed by atoms with Crippen LogP contribution in [0, 0.1) is 0 Å². The largest absolute Gasteiger partial charge is 0.349 e. The van der Waals surface area contributed by atoms with Crippen LogP contribution >= 0.6 is 24.2 Å². The summed E-state index contributed by atoms with van der Waals surface area (Å²) in [4.78, 5) is 24.4. The first-order valence-corrected chi connectivity index (χ1v) is 10.4. The van der Waals surface area contributed by atoms with Gasteiger partial charge in [0.25, 0.3) is 5.91 Å². The molecule has 1 unspecified atom stereocenters. The van der Waals surface area contributed by atoms with E-state index in [9.17, 15) is 9.59 Å². The number of hydrogen-bond acceptors (Lipinski definition) is 4. The summed E-state index contributed by atoms with van der Waals surface area (Å²) in [5.41, 5.74) is 1.39. The minimum atomic E-state index is -0.0202. The Labute approximate surface area is 165 Å². The number of anilines is 1. The molecule has 3 N–H and O–H groups in total. The summed E-state index contributed by atoms with van der Waals surface area (Å²) >= 11 is 1.88. The van der Waals surface area contributed by atoms with Crippen LogP contribution in [0.25, 0.3) is 0 Å². The molecule has 7 heteroatoms. The maximum atomic E-state index is 12.3. The van der Waals surface area contributed by atoms with Crippen LogP contribution in [0.15, 0.2) is 24.3 Å². The number of halogens is 1. The summed E-state index contributed by atoms with van der Waals surface area (Å²) in [6.07, 6.45) is 6.31. The van der Waals surface area contributed by atoms with Crippen LogP contribution in [0.4, 0.5) is 5.69 Å². The molecule has 2 fully saturated rings. The van der Waals surface area contributed by atoms with E-state index in [4.69, 9.17) is 0 Å². The van der Waals surface area contributed by atoms with Gasteiger partial charge < -0.3 is 16.0 Å². The lowest BCUT2D eigenvalue weighted by atomic mass is 9.95. The number of carbonyl (C=O) groups excluding carboxylic acids is 2. The molecular weight excluding hydrogens is 370 g/mol. The molecule has 1 aliphatic heterocycles. The van der Waals surface area contributed by atoms with Crippen LogP contribution in [0.3, 0.4) is 0 Å². The van der Waals surface area contributed by atoms with E-state index in [1.807, 2.05) is 11.8 Å². The van der Waals surface area contributed by atoms with Gasteiger partial charge in [-0.15, -0.1) is 12.4 Å². The molecule has 2 amide bonds. The number of thioether (sulfide) groups is 1. The highest BCUT2D eigenvalue weighted by atomic mass is 35.5. The molecule has 0 spiro atoms. The Morgan fingerprint density at radius 1 is 1.12 bits per heavy atom. The van der Waals surface area contributed by atoms with Gasteiger partial charge in [0, 0.05) is 47.8 Å². The van der Waals surface area contributed by atoms with Crippen LogP contribution in [-0.4, -0.2) is 41.9 Å². The van der Waals surface area contributed by atoms with E-state index in [0.29, 0.717) is 18.0 Å². The molecule has 0 radical (unpaired) electrons. The number of amides is 2. The van der Waals surface area contributed by atoms with Crippen LogP contribution < -0.4 is 16.0 Å². The number of rotatable bonds is 5. The lowest BCUT2D eigenvalue weighted by Gasteiger charge is -2.23. The molecule has 1 saturated carbocycles. The minimum absolute atomic E-state index is 0. The number of carbonyl (C=O) groups is 2. The second-order valence-electron chi connectivity index (χ2n) is 6.86. The Morgan fingerprint density at radius 3 is 2.50 bits per heavy atom. The van der Waals surface area contributed by atoms with Crippen LogP contribution in [0.5, 0.6) is 0 Å². The van der Waals surface area contributed by atoms with Crippen LogP contribution in [-0.2, 0) is 4.79 Å². The highest BCUT2D eigenvalue weighted by molar-refractivity contribution is 7.99. The van der Waals surface area contributed by atoms with Crippen molar-refractivity contribution in [1.82, 2.24) is 10.6 Å². The van der Waals surface area contributed by atoms with Crippen molar-refractivity contribution in [2.45, 2.75) is 50.6 Å². The van der Waals surface area contributed by atoms with Gasteiger partial charge >= 0.3 is 0 Å². The third-order valence-electron chi connectivity index (χ3n) is 4.80. The Kier molecular flexibility index (Phi) is 8.75. The van der Waals surface area contributed by atoms with Gasteiger partial charge in [-0.2, -0.15) is 11.8 Å². The van der Waals surface area contributed by atoms with Crippen molar-refractivity contribution < 1.29 is 9.59 Å². The zero-order chi connectivity index (χ0) is 17.5. The molecule has 1 aliphatic carbocycles. The fourth-order valence-corrected chi connectivity index (χ4v) is 4.36. The molecule has 1 saturated heterocycles. The monoisotopic (exact) mass is 397 g/mol. The van der Waals surface area contributed by atoms with E-state index in [0.717, 1.165) is 36.6 Å². The standard InChI is InChI=1S/C19H27N3O2S.ClH/c23-18(12-17-13-25-11-10-20-17)21-16-8-6-14(7-9-16)19(24)22-15-4-2-1-3-5-15;/h6-9,15,17,20H,1-5,10-13H2,(H,21,23)(H,22,24);1H. The molecule has 2 aliphatic rings. The molecule has 1 heterocycles. The maximum Gasteiger partial charge on any atom is 0.251 e. The van der Waals surface area contributed by atoms with Gasteiger partial charge in [-0.25, -0.2) is 0 Å².